The third-order valence-electron chi connectivity index (χ3n) is 2.32. The lowest BCUT2D eigenvalue weighted by atomic mass is 9.93. The van der Waals surface area contributed by atoms with Gasteiger partial charge < -0.3 is 5.73 Å². The lowest BCUT2D eigenvalue weighted by molar-refractivity contribution is -0.481. The van der Waals surface area contributed by atoms with Crippen molar-refractivity contribution in [3.63, 3.8) is 0 Å². The van der Waals surface area contributed by atoms with E-state index in [4.69, 9.17) is 5.73 Å². The first-order chi connectivity index (χ1) is 8.23. The highest BCUT2D eigenvalue weighted by molar-refractivity contribution is 5.82. The van der Waals surface area contributed by atoms with E-state index in [1.165, 1.54) is 6.07 Å². The van der Waals surface area contributed by atoms with Crippen LogP contribution in [0.25, 0.3) is 0 Å². The minimum Gasteiger partial charge on any atom is -0.369 e. The molecule has 0 aliphatic carbocycles. The summed E-state index contributed by atoms with van der Waals surface area (Å²) in [5.41, 5.74) is 3.35. The monoisotopic (exact) mass is 262 g/mol. The number of halogens is 3. The first kappa shape index (κ1) is 13.9. The van der Waals surface area contributed by atoms with E-state index in [0.29, 0.717) is 0 Å². The Labute approximate surface area is 99.5 Å². The topological polar surface area (TPSA) is 86.2 Å². The molecule has 1 rings (SSSR count). The number of hydrogen-bond donors (Lipinski definition) is 1. The largest absolute Gasteiger partial charge is 0.416 e. The molecule has 0 radical (unpaired) electrons. The third kappa shape index (κ3) is 3.19. The Morgan fingerprint density at radius 2 is 1.94 bits per heavy atom. The first-order valence-corrected chi connectivity index (χ1v) is 4.80. The van der Waals surface area contributed by atoms with Gasteiger partial charge in [0.2, 0.25) is 12.5 Å². The van der Waals surface area contributed by atoms with Crippen LogP contribution in [0, 0.1) is 10.1 Å². The highest BCUT2D eigenvalue weighted by Crippen LogP contribution is 2.35. The van der Waals surface area contributed by atoms with Gasteiger partial charge in [-0.25, -0.2) is 0 Å². The van der Waals surface area contributed by atoms with E-state index >= 15 is 0 Å². The average Bonchev–Trinajstić information content (AvgIpc) is 2.24. The molecule has 2 N–H and O–H groups in total. The molecule has 0 heterocycles. The summed E-state index contributed by atoms with van der Waals surface area (Å²) in [6.45, 7) is -0.970. The maximum Gasteiger partial charge on any atom is 0.416 e. The third-order valence-corrected chi connectivity index (χ3v) is 2.32. The average molecular weight is 262 g/mol. The van der Waals surface area contributed by atoms with Crippen LogP contribution in [0.2, 0.25) is 0 Å². The highest BCUT2D eigenvalue weighted by atomic mass is 19.4. The molecule has 0 saturated heterocycles. The lowest BCUT2D eigenvalue weighted by Gasteiger charge is -2.16. The zero-order valence-corrected chi connectivity index (χ0v) is 8.98. The van der Waals surface area contributed by atoms with Crippen molar-refractivity contribution < 1.29 is 22.9 Å². The Bertz CT molecular complexity index is 474. The van der Waals surface area contributed by atoms with Gasteiger partial charge in [0, 0.05) is 4.92 Å². The molecule has 98 valence electrons. The van der Waals surface area contributed by atoms with Crippen LogP contribution >= 0.6 is 0 Å². The number of alkyl halides is 3. The minimum atomic E-state index is -4.69. The Hall–Kier alpha value is -2.12. The van der Waals surface area contributed by atoms with Crippen molar-refractivity contribution in [1.29, 1.82) is 0 Å². The minimum absolute atomic E-state index is 0.478. The van der Waals surface area contributed by atoms with Gasteiger partial charge in [-0.1, -0.05) is 18.2 Å². The summed E-state index contributed by atoms with van der Waals surface area (Å²) in [6.07, 6.45) is -4.69. The Kier molecular flexibility index (Phi) is 3.89. The molecule has 1 unspecified atom stereocenters. The highest BCUT2D eigenvalue weighted by Gasteiger charge is 2.37. The number of hydrogen-bond acceptors (Lipinski definition) is 3. The molecule has 1 aromatic rings. The van der Waals surface area contributed by atoms with Gasteiger partial charge in [-0.2, -0.15) is 13.2 Å². The second-order valence-corrected chi connectivity index (χ2v) is 3.56. The smallest absolute Gasteiger partial charge is 0.369 e. The predicted octanol–water partition coefficient (Wildman–Crippen LogP) is 1.55. The molecule has 0 fully saturated rings. The maximum absolute atomic E-state index is 12.7. The SMILES string of the molecule is NC(=O)C(C[N+](=O)[O-])c1ccccc1C(F)(F)F. The van der Waals surface area contributed by atoms with Crippen LogP contribution in [0.5, 0.6) is 0 Å². The van der Waals surface area contributed by atoms with Crippen LogP contribution in [0.3, 0.4) is 0 Å². The summed E-state index contributed by atoms with van der Waals surface area (Å²) >= 11 is 0. The Morgan fingerprint density at radius 3 is 2.39 bits per heavy atom. The van der Waals surface area contributed by atoms with Gasteiger partial charge >= 0.3 is 6.18 Å². The molecular weight excluding hydrogens is 253 g/mol. The maximum atomic E-state index is 12.7. The van der Waals surface area contributed by atoms with Crippen LogP contribution in [0.1, 0.15) is 17.0 Å². The predicted molar refractivity (Wildman–Crippen MR) is 55.2 cm³/mol. The summed E-state index contributed by atoms with van der Waals surface area (Å²) < 4.78 is 38.1. The molecule has 1 atom stereocenters. The van der Waals surface area contributed by atoms with E-state index in [1.807, 2.05) is 0 Å². The van der Waals surface area contributed by atoms with Crippen LogP contribution < -0.4 is 5.73 Å². The molecule has 5 nitrogen and oxygen atoms in total. The molecule has 0 aliphatic heterocycles. The van der Waals surface area contributed by atoms with Gasteiger partial charge in [0.1, 0.15) is 5.92 Å². The second-order valence-electron chi connectivity index (χ2n) is 3.56. The molecule has 0 aromatic heterocycles. The van der Waals surface area contributed by atoms with E-state index < -0.39 is 40.6 Å². The fraction of sp³-hybridized carbons (Fsp3) is 0.300. The molecule has 0 spiro atoms. The molecule has 18 heavy (non-hydrogen) atoms. The van der Waals surface area contributed by atoms with Gasteiger partial charge in [0.15, 0.2) is 0 Å². The van der Waals surface area contributed by atoms with Gasteiger partial charge in [-0.15, -0.1) is 0 Å². The van der Waals surface area contributed by atoms with Crippen molar-refractivity contribution in [3.05, 3.63) is 45.5 Å². The molecule has 0 saturated carbocycles. The zero-order chi connectivity index (χ0) is 13.9. The van der Waals surface area contributed by atoms with Crippen molar-refractivity contribution in [2.24, 2.45) is 5.73 Å². The molecule has 1 aromatic carbocycles. The number of carbonyl (C=O) groups is 1. The Morgan fingerprint density at radius 1 is 1.39 bits per heavy atom. The standard InChI is InChI=1S/C10H9F3N2O3/c11-10(12,13)8-4-2-1-3-6(8)7(9(14)16)5-15(17)18/h1-4,7H,5H2,(H2,14,16). The summed E-state index contributed by atoms with van der Waals surface area (Å²) in [5.74, 6) is -2.76. The number of benzene rings is 1. The van der Waals surface area contributed by atoms with Crippen molar-refractivity contribution in [1.82, 2.24) is 0 Å². The molecule has 1 amide bonds. The Balaban J connectivity index is 3.28. The number of nitrogens with zero attached hydrogens (tertiary/aromatic N) is 1. The fourth-order valence-corrected chi connectivity index (χ4v) is 1.55. The summed E-state index contributed by atoms with van der Waals surface area (Å²) in [4.78, 5) is 20.6. The molecule has 8 heteroatoms. The van der Waals surface area contributed by atoms with E-state index in [9.17, 15) is 28.1 Å². The van der Waals surface area contributed by atoms with Crippen molar-refractivity contribution in [2.45, 2.75) is 12.1 Å². The zero-order valence-electron chi connectivity index (χ0n) is 8.98. The fourth-order valence-electron chi connectivity index (χ4n) is 1.55. The van der Waals surface area contributed by atoms with Crippen molar-refractivity contribution in [2.75, 3.05) is 6.54 Å². The second kappa shape index (κ2) is 5.03. The van der Waals surface area contributed by atoms with E-state index in [0.717, 1.165) is 18.2 Å². The molecule has 0 aliphatic rings. The molecular formula is C10H9F3N2O3. The van der Waals surface area contributed by atoms with Crippen LogP contribution in [0.15, 0.2) is 24.3 Å². The van der Waals surface area contributed by atoms with E-state index in [-0.39, 0.29) is 0 Å². The number of rotatable bonds is 4. The van der Waals surface area contributed by atoms with Crippen LogP contribution in [0.4, 0.5) is 13.2 Å². The van der Waals surface area contributed by atoms with Crippen LogP contribution in [-0.2, 0) is 11.0 Å². The normalized spacial score (nSPS) is 13.1. The first-order valence-electron chi connectivity index (χ1n) is 4.80. The lowest BCUT2D eigenvalue weighted by Crippen LogP contribution is -2.29. The summed E-state index contributed by atoms with van der Waals surface area (Å²) in [5, 5.41) is 10.4. The van der Waals surface area contributed by atoms with Crippen molar-refractivity contribution >= 4 is 5.91 Å². The van der Waals surface area contributed by atoms with Gasteiger partial charge in [-0.3, -0.25) is 14.9 Å². The molecule has 0 bridgehead atoms. The van der Waals surface area contributed by atoms with E-state index in [2.05, 4.69) is 0 Å². The van der Waals surface area contributed by atoms with Gasteiger partial charge in [-0.05, 0) is 11.6 Å². The quantitative estimate of drug-likeness (QED) is 0.659. The number of carbonyl (C=O) groups excluding carboxylic acids is 1. The van der Waals surface area contributed by atoms with Gasteiger partial charge in [0.05, 0.1) is 5.56 Å². The number of amides is 1. The number of primary amides is 1. The van der Waals surface area contributed by atoms with Crippen molar-refractivity contribution in [3.8, 4) is 0 Å². The van der Waals surface area contributed by atoms with E-state index in [1.54, 1.807) is 0 Å². The van der Waals surface area contributed by atoms with Gasteiger partial charge in [0.25, 0.3) is 0 Å². The number of nitro groups is 1. The summed E-state index contributed by atoms with van der Waals surface area (Å²) in [6, 6.07) is 4.17. The van der Waals surface area contributed by atoms with Crippen LogP contribution in [-0.4, -0.2) is 17.4 Å². The number of nitrogens with two attached hydrogens (primary N) is 1. The summed E-state index contributed by atoms with van der Waals surface area (Å²) in [7, 11) is 0.